The third-order valence-corrected chi connectivity index (χ3v) is 2.44. The maximum absolute atomic E-state index is 11.9. The summed E-state index contributed by atoms with van der Waals surface area (Å²) in [6.07, 6.45) is 5.87. The second kappa shape index (κ2) is 4.70. The Morgan fingerprint density at radius 1 is 1.06 bits per heavy atom. The zero-order valence-corrected chi connectivity index (χ0v) is 9.38. The minimum Gasteiger partial charge on any atom is -0.290 e. The van der Waals surface area contributed by atoms with E-state index in [4.69, 9.17) is 0 Å². The lowest BCUT2D eigenvalue weighted by Gasteiger charge is -2.02. The number of hydrogen-bond acceptors (Lipinski definition) is 2. The largest absolute Gasteiger partial charge is 0.290 e. The molecule has 1 aromatic rings. The smallest absolute Gasteiger partial charge is 0.277 e. The molecule has 1 aromatic carbocycles. The van der Waals surface area contributed by atoms with Gasteiger partial charge in [0.2, 0.25) is 0 Å². The number of hydrogen-bond donors (Lipinski definition) is 0. The molecule has 0 radical (unpaired) electrons. The van der Waals surface area contributed by atoms with E-state index in [0.717, 1.165) is 5.56 Å². The normalized spacial score (nSPS) is 13.9. The van der Waals surface area contributed by atoms with Crippen molar-refractivity contribution in [3.8, 4) is 0 Å². The fraction of sp³-hybridized carbons (Fsp3) is 0.0714. The van der Waals surface area contributed by atoms with Crippen LogP contribution in [0.2, 0.25) is 0 Å². The molecule has 0 saturated carbocycles. The molecule has 0 fully saturated rings. The number of allylic oxidation sites excluding steroid dienone is 4. The molecule has 0 unspecified atom stereocenters. The SMILES string of the molecule is Cc1ccccc1C(=O)N=C1C=CC(=O)C=C1. The van der Waals surface area contributed by atoms with E-state index in [0.29, 0.717) is 11.3 Å². The number of amides is 1. The molecule has 0 N–H and O–H groups in total. The van der Waals surface area contributed by atoms with Crippen LogP contribution in [-0.4, -0.2) is 17.4 Å². The Hall–Kier alpha value is -2.29. The van der Waals surface area contributed by atoms with Gasteiger partial charge in [0.1, 0.15) is 0 Å². The van der Waals surface area contributed by atoms with Gasteiger partial charge in [0.25, 0.3) is 5.91 Å². The van der Waals surface area contributed by atoms with Crippen molar-refractivity contribution in [1.82, 2.24) is 0 Å². The molecule has 0 saturated heterocycles. The summed E-state index contributed by atoms with van der Waals surface area (Å²) in [5, 5.41) is 0. The van der Waals surface area contributed by atoms with Crippen molar-refractivity contribution in [2.45, 2.75) is 6.92 Å². The fourth-order valence-corrected chi connectivity index (χ4v) is 1.51. The van der Waals surface area contributed by atoms with Gasteiger partial charge in [-0.2, -0.15) is 0 Å². The van der Waals surface area contributed by atoms with E-state index in [2.05, 4.69) is 4.99 Å². The second-order valence-corrected chi connectivity index (χ2v) is 3.73. The van der Waals surface area contributed by atoms with Crippen LogP contribution < -0.4 is 0 Å². The van der Waals surface area contributed by atoms with Gasteiger partial charge < -0.3 is 0 Å². The summed E-state index contributed by atoms with van der Waals surface area (Å²) in [6, 6.07) is 7.28. The first-order chi connectivity index (χ1) is 8.16. The molecule has 2 rings (SSSR count). The first-order valence-electron chi connectivity index (χ1n) is 5.25. The zero-order valence-electron chi connectivity index (χ0n) is 9.38. The highest BCUT2D eigenvalue weighted by Gasteiger charge is 2.08. The molecular formula is C14H11NO2. The van der Waals surface area contributed by atoms with E-state index >= 15 is 0 Å². The Balaban J connectivity index is 2.26. The van der Waals surface area contributed by atoms with Crippen molar-refractivity contribution in [2.24, 2.45) is 4.99 Å². The molecule has 3 heteroatoms. The Morgan fingerprint density at radius 3 is 2.35 bits per heavy atom. The first-order valence-corrected chi connectivity index (χ1v) is 5.25. The minimum absolute atomic E-state index is 0.0905. The molecule has 1 aliphatic carbocycles. The highest BCUT2D eigenvalue weighted by atomic mass is 16.1. The molecule has 0 aromatic heterocycles. The number of ketones is 1. The summed E-state index contributed by atoms with van der Waals surface area (Å²) in [4.78, 5) is 26.7. The molecule has 0 bridgehead atoms. The van der Waals surface area contributed by atoms with Crippen molar-refractivity contribution >= 4 is 17.4 Å². The highest BCUT2D eigenvalue weighted by molar-refractivity contribution is 6.20. The number of carbonyl (C=O) groups is 2. The van der Waals surface area contributed by atoms with Crippen LogP contribution in [0.4, 0.5) is 0 Å². The highest BCUT2D eigenvalue weighted by Crippen LogP contribution is 2.09. The fourth-order valence-electron chi connectivity index (χ4n) is 1.51. The van der Waals surface area contributed by atoms with E-state index in [1.807, 2.05) is 19.1 Å². The predicted molar refractivity (Wildman–Crippen MR) is 66.2 cm³/mol. The summed E-state index contributed by atoms with van der Waals surface area (Å²) in [7, 11) is 0. The van der Waals surface area contributed by atoms with Gasteiger partial charge in [0.05, 0.1) is 5.71 Å². The third-order valence-electron chi connectivity index (χ3n) is 2.44. The van der Waals surface area contributed by atoms with Crippen molar-refractivity contribution < 1.29 is 9.59 Å². The van der Waals surface area contributed by atoms with Gasteiger partial charge in [0.15, 0.2) is 5.78 Å². The summed E-state index contributed by atoms with van der Waals surface area (Å²) < 4.78 is 0. The van der Waals surface area contributed by atoms with Crippen molar-refractivity contribution in [1.29, 1.82) is 0 Å². The standard InChI is InChI=1S/C14H11NO2/c1-10-4-2-3-5-13(10)14(17)15-11-6-8-12(16)9-7-11/h2-9H,1H3. The molecule has 3 nitrogen and oxygen atoms in total. The van der Waals surface area contributed by atoms with Gasteiger partial charge >= 0.3 is 0 Å². The lowest BCUT2D eigenvalue weighted by Crippen LogP contribution is -2.05. The van der Waals surface area contributed by atoms with Gasteiger partial charge in [-0.15, -0.1) is 0 Å². The molecule has 1 amide bonds. The molecule has 84 valence electrons. The van der Waals surface area contributed by atoms with E-state index in [-0.39, 0.29) is 11.7 Å². The lowest BCUT2D eigenvalue weighted by molar-refractivity contribution is -0.110. The van der Waals surface area contributed by atoms with Crippen LogP contribution in [-0.2, 0) is 4.79 Å². The number of aryl methyl sites for hydroxylation is 1. The average Bonchev–Trinajstić information content (AvgIpc) is 2.32. The summed E-state index contributed by atoms with van der Waals surface area (Å²) in [5.41, 5.74) is 1.97. The molecular weight excluding hydrogens is 214 g/mol. The Kier molecular flexibility index (Phi) is 3.10. The first kappa shape index (κ1) is 11.2. The van der Waals surface area contributed by atoms with Crippen LogP contribution in [0.25, 0.3) is 0 Å². The monoisotopic (exact) mass is 225 g/mol. The molecule has 17 heavy (non-hydrogen) atoms. The van der Waals surface area contributed by atoms with Crippen LogP contribution >= 0.6 is 0 Å². The topological polar surface area (TPSA) is 46.5 Å². The number of aliphatic imine (C=N–C) groups is 1. The van der Waals surface area contributed by atoms with Crippen LogP contribution in [0.1, 0.15) is 15.9 Å². The molecule has 0 spiro atoms. The lowest BCUT2D eigenvalue weighted by atomic mass is 10.1. The molecule has 0 aliphatic heterocycles. The third kappa shape index (κ3) is 2.64. The van der Waals surface area contributed by atoms with E-state index in [1.54, 1.807) is 24.3 Å². The van der Waals surface area contributed by atoms with Crippen LogP contribution in [0, 0.1) is 6.92 Å². The molecule has 1 aliphatic rings. The van der Waals surface area contributed by atoms with Gasteiger partial charge in [-0.3, -0.25) is 9.59 Å². The van der Waals surface area contributed by atoms with Crippen LogP contribution in [0.5, 0.6) is 0 Å². The summed E-state index contributed by atoms with van der Waals surface area (Å²) in [6.45, 7) is 1.86. The van der Waals surface area contributed by atoms with Crippen molar-refractivity contribution in [3.05, 3.63) is 59.7 Å². The maximum Gasteiger partial charge on any atom is 0.277 e. The summed E-state index contributed by atoms with van der Waals surface area (Å²) in [5.74, 6) is -0.381. The summed E-state index contributed by atoms with van der Waals surface area (Å²) >= 11 is 0. The van der Waals surface area contributed by atoms with Gasteiger partial charge in [0, 0.05) is 5.56 Å². The van der Waals surface area contributed by atoms with Gasteiger partial charge in [-0.05, 0) is 42.9 Å². The molecule has 0 heterocycles. The zero-order chi connectivity index (χ0) is 12.3. The number of carbonyl (C=O) groups excluding carboxylic acids is 2. The number of nitrogens with zero attached hydrogens (tertiary/aromatic N) is 1. The Morgan fingerprint density at radius 2 is 1.71 bits per heavy atom. The second-order valence-electron chi connectivity index (χ2n) is 3.73. The van der Waals surface area contributed by atoms with Crippen LogP contribution in [0.3, 0.4) is 0 Å². The number of benzene rings is 1. The van der Waals surface area contributed by atoms with E-state index in [9.17, 15) is 9.59 Å². The maximum atomic E-state index is 11.9. The van der Waals surface area contributed by atoms with E-state index < -0.39 is 0 Å². The quantitative estimate of drug-likeness (QED) is 0.688. The van der Waals surface area contributed by atoms with Crippen molar-refractivity contribution in [2.75, 3.05) is 0 Å². The van der Waals surface area contributed by atoms with Crippen LogP contribution in [0.15, 0.2) is 53.6 Å². The average molecular weight is 225 g/mol. The minimum atomic E-state index is -0.290. The number of rotatable bonds is 1. The Bertz CT molecular complexity index is 547. The van der Waals surface area contributed by atoms with Gasteiger partial charge in [-0.25, -0.2) is 4.99 Å². The predicted octanol–water partition coefficient (Wildman–Crippen LogP) is 2.27. The van der Waals surface area contributed by atoms with Crippen molar-refractivity contribution in [3.63, 3.8) is 0 Å². The van der Waals surface area contributed by atoms with E-state index in [1.165, 1.54) is 12.2 Å². The Labute approximate surface area is 99.2 Å². The van der Waals surface area contributed by atoms with Gasteiger partial charge in [-0.1, -0.05) is 18.2 Å². The molecule has 0 atom stereocenters.